The van der Waals surface area contributed by atoms with Gasteiger partial charge >= 0.3 is 6.18 Å². The molecule has 126 valence electrons. The summed E-state index contributed by atoms with van der Waals surface area (Å²) in [6, 6.07) is 4.33. The third-order valence-electron chi connectivity index (χ3n) is 3.37. The van der Waals surface area contributed by atoms with E-state index >= 15 is 0 Å². The summed E-state index contributed by atoms with van der Waals surface area (Å²) in [5.74, 6) is -0.309. The van der Waals surface area contributed by atoms with Gasteiger partial charge in [0.1, 0.15) is 0 Å². The number of hydrogen-bond donors (Lipinski definition) is 2. The summed E-state index contributed by atoms with van der Waals surface area (Å²) < 4.78 is 37.5. The molecular weight excluding hydrogens is 317 g/mol. The molecule has 0 heterocycles. The van der Waals surface area contributed by atoms with Crippen LogP contribution in [0.15, 0.2) is 24.3 Å². The Bertz CT molecular complexity index is 487. The smallest absolute Gasteiger partial charge is 0.348 e. The molecule has 2 atom stereocenters. The molecule has 3 nitrogen and oxygen atoms in total. The zero-order valence-corrected chi connectivity index (χ0v) is 13.6. The maximum Gasteiger partial charge on any atom is 0.416 e. The first-order valence-electron chi connectivity index (χ1n) is 6.85. The molecule has 3 N–H and O–H groups in total. The van der Waals surface area contributed by atoms with Crippen LogP contribution in [-0.2, 0) is 11.0 Å². The summed E-state index contributed by atoms with van der Waals surface area (Å²) >= 11 is 0. The second-order valence-electron chi connectivity index (χ2n) is 5.48. The molecule has 22 heavy (non-hydrogen) atoms. The van der Waals surface area contributed by atoms with Crippen LogP contribution < -0.4 is 11.1 Å². The van der Waals surface area contributed by atoms with Crippen LogP contribution in [-0.4, -0.2) is 11.4 Å². The Kier molecular flexibility index (Phi) is 7.38. The Balaban J connectivity index is 0.00000441. The van der Waals surface area contributed by atoms with Crippen LogP contribution in [0.25, 0.3) is 0 Å². The molecule has 0 bridgehead atoms. The van der Waals surface area contributed by atoms with Crippen molar-refractivity contribution in [2.75, 3.05) is 0 Å². The highest BCUT2D eigenvalue weighted by Gasteiger charge is 2.31. The van der Waals surface area contributed by atoms with E-state index in [-0.39, 0.29) is 18.3 Å². The van der Waals surface area contributed by atoms with Crippen molar-refractivity contribution in [3.05, 3.63) is 35.4 Å². The van der Waals surface area contributed by atoms with E-state index in [4.69, 9.17) is 5.73 Å². The Hall–Kier alpha value is -1.27. The highest BCUT2D eigenvalue weighted by molar-refractivity contribution is 5.86. The number of rotatable bonds is 5. The van der Waals surface area contributed by atoms with Crippen LogP contribution in [0.4, 0.5) is 13.2 Å². The van der Waals surface area contributed by atoms with Crippen LogP contribution in [0.5, 0.6) is 0 Å². The largest absolute Gasteiger partial charge is 0.416 e. The van der Waals surface area contributed by atoms with Gasteiger partial charge in [-0.15, -0.1) is 12.4 Å². The van der Waals surface area contributed by atoms with Crippen molar-refractivity contribution in [3.8, 4) is 0 Å². The predicted molar refractivity (Wildman–Crippen MR) is 82.8 cm³/mol. The van der Waals surface area contributed by atoms with Gasteiger partial charge in [0, 0.05) is 0 Å². The van der Waals surface area contributed by atoms with Gasteiger partial charge in [0.2, 0.25) is 5.91 Å². The van der Waals surface area contributed by atoms with Crippen LogP contribution in [0, 0.1) is 0 Å². The molecule has 0 spiro atoms. The van der Waals surface area contributed by atoms with Crippen molar-refractivity contribution in [2.24, 2.45) is 5.73 Å². The monoisotopic (exact) mass is 338 g/mol. The van der Waals surface area contributed by atoms with Crippen LogP contribution >= 0.6 is 12.4 Å². The lowest BCUT2D eigenvalue weighted by atomic mass is 9.95. The number of amides is 1. The number of halogens is 4. The molecule has 0 saturated carbocycles. The van der Waals surface area contributed by atoms with Gasteiger partial charge in [0.25, 0.3) is 0 Å². The quantitative estimate of drug-likeness (QED) is 0.857. The number of alkyl halides is 3. The Morgan fingerprint density at radius 2 is 1.77 bits per heavy atom. The van der Waals surface area contributed by atoms with Crippen molar-refractivity contribution in [2.45, 2.75) is 51.4 Å². The second-order valence-corrected chi connectivity index (χ2v) is 5.48. The number of benzene rings is 1. The van der Waals surface area contributed by atoms with E-state index in [0.717, 1.165) is 18.6 Å². The summed E-state index contributed by atoms with van der Waals surface area (Å²) in [7, 11) is 0. The van der Waals surface area contributed by atoms with Crippen LogP contribution in [0.1, 0.15) is 50.8 Å². The maximum atomic E-state index is 12.5. The van der Waals surface area contributed by atoms with Gasteiger partial charge in [-0.2, -0.15) is 13.2 Å². The average molecular weight is 339 g/mol. The minimum atomic E-state index is -4.36. The van der Waals surface area contributed by atoms with E-state index in [1.165, 1.54) is 12.1 Å². The molecule has 0 radical (unpaired) electrons. The minimum Gasteiger partial charge on any atom is -0.348 e. The van der Waals surface area contributed by atoms with Gasteiger partial charge in [-0.05, 0) is 38.0 Å². The summed E-state index contributed by atoms with van der Waals surface area (Å²) in [6.07, 6.45) is -3.05. The van der Waals surface area contributed by atoms with Crippen LogP contribution in [0.2, 0.25) is 0 Å². The molecule has 1 aromatic rings. The van der Waals surface area contributed by atoms with Gasteiger partial charge in [0.15, 0.2) is 0 Å². The molecule has 7 heteroatoms. The standard InChI is InChI=1S/C15H21F3N2O.ClH/c1-4-9-14(3,19)13(21)20-10(2)11-5-7-12(8-6-11)15(16,17)18;/h5-8,10H,4,9,19H2,1-3H3,(H,20,21);1H. The van der Waals surface area contributed by atoms with E-state index in [2.05, 4.69) is 5.32 Å². The molecule has 0 aliphatic heterocycles. The molecule has 0 aliphatic carbocycles. The molecule has 1 amide bonds. The highest BCUT2D eigenvalue weighted by Crippen LogP contribution is 2.29. The SMILES string of the molecule is CCCC(C)(N)C(=O)NC(C)c1ccc(C(F)(F)F)cc1.Cl. The molecule has 0 aromatic heterocycles. The third kappa shape index (κ3) is 5.50. The average Bonchev–Trinajstić information content (AvgIpc) is 2.37. The highest BCUT2D eigenvalue weighted by atomic mass is 35.5. The first-order chi connectivity index (χ1) is 9.58. The van der Waals surface area contributed by atoms with E-state index < -0.39 is 23.3 Å². The van der Waals surface area contributed by atoms with Gasteiger partial charge < -0.3 is 11.1 Å². The van der Waals surface area contributed by atoms with Crippen molar-refractivity contribution >= 4 is 18.3 Å². The fourth-order valence-electron chi connectivity index (χ4n) is 2.04. The lowest BCUT2D eigenvalue weighted by molar-refractivity contribution is -0.137. The maximum absolute atomic E-state index is 12.5. The number of carbonyl (C=O) groups is 1. The number of hydrogen-bond acceptors (Lipinski definition) is 2. The van der Waals surface area contributed by atoms with Crippen molar-refractivity contribution in [3.63, 3.8) is 0 Å². The van der Waals surface area contributed by atoms with E-state index in [9.17, 15) is 18.0 Å². The third-order valence-corrected chi connectivity index (χ3v) is 3.37. The summed E-state index contributed by atoms with van der Waals surface area (Å²) in [4.78, 5) is 12.0. The van der Waals surface area contributed by atoms with Crippen molar-refractivity contribution < 1.29 is 18.0 Å². The molecule has 1 aromatic carbocycles. The van der Waals surface area contributed by atoms with Gasteiger partial charge in [0.05, 0.1) is 17.1 Å². The van der Waals surface area contributed by atoms with Gasteiger partial charge in [-0.1, -0.05) is 25.5 Å². The molecule has 0 aliphatic rings. The molecule has 1 rings (SSSR count). The van der Waals surface area contributed by atoms with E-state index in [1.54, 1.807) is 13.8 Å². The van der Waals surface area contributed by atoms with Crippen molar-refractivity contribution in [1.82, 2.24) is 5.32 Å². The lowest BCUT2D eigenvalue weighted by Gasteiger charge is -2.25. The van der Waals surface area contributed by atoms with E-state index in [0.29, 0.717) is 12.0 Å². The van der Waals surface area contributed by atoms with Crippen LogP contribution in [0.3, 0.4) is 0 Å². The second kappa shape index (κ2) is 7.83. The fraction of sp³-hybridized carbons (Fsp3) is 0.533. The van der Waals surface area contributed by atoms with Gasteiger partial charge in [-0.3, -0.25) is 4.79 Å². The molecular formula is C15H22ClF3N2O. The fourth-order valence-corrected chi connectivity index (χ4v) is 2.04. The Morgan fingerprint density at radius 1 is 1.27 bits per heavy atom. The molecule has 2 unspecified atom stereocenters. The predicted octanol–water partition coefficient (Wildman–Crippen LogP) is 3.82. The summed E-state index contributed by atoms with van der Waals surface area (Å²) in [5.41, 5.74) is 4.83. The Labute approximate surface area is 134 Å². The van der Waals surface area contributed by atoms with Gasteiger partial charge in [-0.25, -0.2) is 0 Å². The zero-order chi connectivity index (χ0) is 16.3. The van der Waals surface area contributed by atoms with E-state index in [1.807, 2.05) is 6.92 Å². The number of nitrogens with two attached hydrogens (primary N) is 1. The molecule has 0 fully saturated rings. The van der Waals surface area contributed by atoms with Crippen molar-refractivity contribution in [1.29, 1.82) is 0 Å². The Morgan fingerprint density at radius 3 is 2.18 bits per heavy atom. The summed E-state index contributed by atoms with van der Waals surface area (Å²) in [6.45, 7) is 5.28. The normalized spacial score (nSPS) is 15.4. The first-order valence-corrected chi connectivity index (χ1v) is 6.85. The number of carbonyl (C=O) groups excluding carboxylic acids is 1. The minimum absolute atomic E-state index is 0. The molecule has 0 saturated heterocycles. The zero-order valence-electron chi connectivity index (χ0n) is 12.8. The number of nitrogens with one attached hydrogen (secondary N) is 1. The topological polar surface area (TPSA) is 55.1 Å². The lowest BCUT2D eigenvalue weighted by Crippen LogP contribution is -2.52. The summed E-state index contributed by atoms with van der Waals surface area (Å²) in [5, 5.41) is 2.73. The first kappa shape index (κ1) is 20.7.